The Morgan fingerprint density at radius 3 is 2.77 bits per heavy atom. The molecular weight excluding hydrogens is 162 g/mol. The Morgan fingerprint density at radius 1 is 1.31 bits per heavy atom. The summed E-state index contributed by atoms with van der Waals surface area (Å²) in [5.41, 5.74) is 3.24. The molecule has 0 saturated heterocycles. The quantitative estimate of drug-likeness (QED) is 0.686. The number of hydrogen-bond donors (Lipinski definition) is 2. The van der Waals surface area contributed by atoms with E-state index in [0.717, 1.165) is 22.2 Å². The van der Waals surface area contributed by atoms with Crippen LogP contribution < -0.4 is 0 Å². The standard InChI is InChI=1S/C11H13NO/c1-7-5-10-6-9(8(2)13)3-4-11(10)12-7/h3-6,8,12-13H,1-2H3. The summed E-state index contributed by atoms with van der Waals surface area (Å²) in [6, 6.07) is 8.05. The normalized spacial score (nSPS) is 13.5. The van der Waals surface area contributed by atoms with E-state index >= 15 is 0 Å². The predicted octanol–water partition coefficient (Wildman–Crippen LogP) is 2.53. The number of aryl methyl sites for hydroxylation is 1. The maximum Gasteiger partial charge on any atom is 0.0762 e. The highest BCUT2D eigenvalue weighted by Crippen LogP contribution is 2.20. The Kier molecular flexibility index (Phi) is 1.85. The summed E-state index contributed by atoms with van der Waals surface area (Å²) < 4.78 is 0. The number of aliphatic hydroxyl groups excluding tert-OH is 1. The first-order valence-corrected chi connectivity index (χ1v) is 4.44. The molecule has 13 heavy (non-hydrogen) atoms. The van der Waals surface area contributed by atoms with Gasteiger partial charge in [-0.05, 0) is 43.0 Å². The minimum Gasteiger partial charge on any atom is -0.389 e. The molecule has 2 nitrogen and oxygen atoms in total. The second kappa shape index (κ2) is 2.89. The summed E-state index contributed by atoms with van der Waals surface area (Å²) in [5, 5.41) is 10.5. The van der Waals surface area contributed by atoms with Crippen LogP contribution in [0.1, 0.15) is 24.3 Å². The van der Waals surface area contributed by atoms with Crippen LogP contribution in [0.25, 0.3) is 10.9 Å². The first-order valence-electron chi connectivity index (χ1n) is 4.44. The molecular formula is C11H13NO. The summed E-state index contributed by atoms with van der Waals surface area (Å²) in [5.74, 6) is 0. The van der Waals surface area contributed by atoms with Gasteiger partial charge in [0.25, 0.3) is 0 Å². The summed E-state index contributed by atoms with van der Waals surface area (Å²) >= 11 is 0. The van der Waals surface area contributed by atoms with E-state index in [1.54, 1.807) is 6.92 Å². The maximum absolute atomic E-state index is 9.38. The van der Waals surface area contributed by atoms with Crippen LogP contribution in [0.15, 0.2) is 24.3 Å². The van der Waals surface area contributed by atoms with E-state index in [1.165, 1.54) is 0 Å². The molecule has 0 radical (unpaired) electrons. The molecule has 0 fully saturated rings. The molecule has 0 saturated carbocycles. The van der Waals surface area contributed by atoms with Gasteiger partial charge in [0.2, 0.25) is 0 Å². The monoisotopic (exact) mass is 175 g/mol. The van der Waals surface area contributed by atoms with Gasteiger partial charge in [-0.3, -0.25) is 0 Å². The number of nitrogens with one attached hydrogen (secondary N) is 1. The number of hydrogen-bond acceptors (Lipinski definition) is 1. The maximum atomic E-state index is 9.38. The van der Waals surface area contributed by atoms with Crippen molar-refractivity contribution in [2.24, 2.45) is 0 Å². The van der Waals surface area contributed by atoms with Crippen molar-refractivity contribution in [1.29, 1.82) is 0 Å². The smallest absolute Gasteiger partial charge is 0.0762 e. The van der Waals surface area contributed by atoms with Gasteiger partial charge in [0, 0.05) is 11.2 Å². The third-order valence-electron chi connectivity index (χ3n) is 2.26. The van der Waals surface area contributed by atoms with E-state index in [-0.39, 0.29) is 6.10 Å². The Bertz CT molecular complexity index is 429. The van der Waals surface area contributed by atoms with Crippen molar-refractivity contribution in [2.75, 3.05) is 0 Å². The molecule has 1 atom stereocenters. The zero-order chi connectivity index (χ0) is 9.42. The summed E-state index contributed by atoms with van der Waals surface area (Å²) in [6.07, 6.45) is -0.389. The molecule has 0 amide bonds. The number of aromatic amines is 1. The zero-order valence-electron chi connectivity index (χ0n) is 7.83. The molecule has 0 bridgehead atoms. The van der Waals surface area contributed by atoms with Gasteiger partial charge in [-0.1, -0.05) is 6.07 Å². The number of fused-ring (bicyclic) bond motifs is 1. The fraction of sp³-hybridized carbons (Fsp3) is 0.273. The number of benzene rings is 1. The lowest BCUT2D eigenvalue weighted by atomic mass is 10.1. The molecule has 2 rings (SSSR count). The summed E-state index contributed by atoms with van der Waals surface area (Å²) in [4.78, 5) is 3.24. The molecule has 2 aromatic rings. The highest BCUT2D eigenvalue weighted by molar-refractivity contribution is 5.81. The van der Waals surface area contributed by atoms with E-state index in [4.69, 9.17) is 0 Å². The number of aromatic nitrogens is 1. The molecule has 1 heterocycles. The van der Waals surface area contributed by atoms with Gasteiger partial charge >= 0.3 is 0 Å². The van der Waals surface area contributed by atoms with Crippen LogP contribution in [-0.2, 0) is 0 Å². The first kappa shape index (κ1) is 8.32. The minimum absolute atomic E-state index is 0.389. The van der Waals surface area contributed by atoms with Crippen molar-refractivity contribution in [3.63, 3.8) is 0 Å². The number of rotatable bonds is 1. The Balaban J connectivity index is 2.61. The third-order valence-corrected chi connectivity index (χ3v) is 2.26. The van der Waals surface area contributed by atoms with Gasteiger partial charge in [-0.15, -0.1) is 0 Å². The molecule has 68 valence electrons. The SMILES string of the molecule is Cc1cc2cc(C(C)O)ccc2[nH]1. The van der Waals surface area contributed by atoms with Gasteiger partial charge < -0.3 is 10.1 Å². The van der Waals surface area contributed by atoms with Crippen molar-refractivity contribution in [3.05, 3.63) is 35.5 Å². The first-order chi connectivity index (χ1) is 6.16. The zero-order valence-corrected chi connectivity index (χ0v) is 7.83. The van der Waals surface area contributed by atoms with Crippen LogP contribution >= 0.6 is 0 Å². The van der Waals surface area contributed by atoms with Gasteiger partial charge in [0.1, 0.15) is 0 Å². The predicted molar refractivity (Wildman–Crippen MR) is 53.7 cm³/mol. The van der Waals surface area contributed by atoms with E-state index in [1.807, 2.05) is 25.1 Å². The molecule has 1 aromatic heterocycles. The second-order valence-corrected chi connectivity index (χ2v) is 3.48. The molecule has 1 aromatic carbocycles. The van der Waals surface area contributed by atoms with Crippen molar-refractivity contribution in [3.8, 4) is 0 Å². The van der Waals surface area contributed by atoms with Crippen LogP contribution in [0.5, 0.6) is 0 Å². The number of H-pyrrole nitrogens is 1. The van der Waals surface area contributed by atoms with Crippen LogP contribution in [0.3, 0.4) is 0 Å². The van der Waals surface area contributed by atoms with Crippen molar-refractivity contribution < 1.29 is 5.11 Å². The Morgan fingerprint density at radius 2 is 2.08 bits per heavy atom. The average Bonchev–Trinajstić information content (AvgIpc) is 2.42. The highest BCUT2D eigenvalue weighted by Gasteiger charge is 2.02. The second-order valence-electron chi connectivity index (χ2n) is 3.48. The van der Waals surface area contributed by atoms with Crippen molar-refractivity contribution >= 4 is 10.9 Å². The topological polar surface area (TPSA) is 36.0 Å². The molecule has 2 N–H and O–H groups in total. The fourth-order valence-corrected chi connectivity index (χ4v) is 1.56. The van der Waals surface area contributed by atoms with E-state index in [0.29, 0.717) is 0 Å². The van der Waals surface area contributed by atoms with Crippen LogP contribution in [-0.4, -0.2) is 10.1 Å². The molecule has 0 aliphatic rings. The van der Waals surface area contributed by atoms with E-state index < -0.39 is 0 Å². The minimum atomic E-state index is -0.389. The summed E-state index contributed by atoms with van der Waals surface area (Å²) in [7, 11) is 0. The van der Waals surface area contributed by atoms with Crippen molar-refractivity contribution in [2.45, 2.75) is 20.0 Å². The Hall–Kier alpha value is -1.28. The summed E-state index contributed by atoms with van der Waals surface area (Å²) in [6.45, 7) is 3.81. The van der Waals surface area contributed by atoms with Gasteiger partial charge in [-0.25, -0.2) is 0 Å². The molecule has 0 spiro atoms. The van der Waals surface area contributed by atoms with E-state index in [2.05, 4.69) is 11.1 Å². The highest BCUT2D eigenvalue weighted by atomic mass is 16.3. The third kappa shape index (κ3) is 1.45. The molecule has 0 aliphatic carbocycles. The largest absolute Gasteiger partial charge is 0.389 e. The average molecular weight is 175 g/mol. The van der Waals surface area contributed by atoms with Gasteiger partial charge in [0.15, 0.2) is 0 Å². The van der Waals surface area contributed by atoms with Crippen LogP contribution in [0.2, 0.25) is 0 Å². The molecule has 2 heteroatoms. The number of aliphatic hydroxyl groups is 1. The van der Waals surface area contributed by atoms with Gasteiger partial charge in [-0.2, -0.15) is 0 Å². The Labute approximate surface area is 77.2 Å². The lowest BCUT2D eigenvalue weighted by molar-refractivity contribution is 0.199. The van der Waals surface area contributed by atoms with Gasteiger partial charge in [0.05, 0.1) is 6.10 Å². The van der Waals surface area contributed by atoms with E-state index in [9.17, 15) is 5.11 Å². The molecule has 1 unspecified atom stereocenters. The fourth-order valence-electron chi connectivity index (χ4n) is 1.56. The molecule has 0 aliphatic heterocycles. The van der Waals surface area contributed by atoms with Crippen LogP contribution in [0, 0.1) is 6.92 Å². The van der Waals surface area contributed by atoms with Crippen molar-refractivity contribution in [1.82, 2.24) is 4.98 Å². The lowest BCUT2D eigenvalue weighted by Crippen LogP contribution is -1.89. The van der Waals surface area contributed by atoms with Crippen LogP contribution in [0.4, 0.5) is 0 Å². The lowest BCUT2D eigenvalue weighted by Gasteiger charge is -2.03.